The lowest BCUT2D eigenvalue weighted by Gasteiger charge is -2.20. The maximum absolute atomic E-state index is 11.9. The standard InChI is InChI=1S/C15H19N3O5/c1-15(2,3)22-14(20)17-10-5-8(6-11(21-4)13(10)19)9-7-12(16)23-18-9/h5-7,19H,16H2,1-4H3,(H,17,20). The molecule has 4 N–H and O–H groups in total. The van der Waals surface area contributed by atoms with Crippen molar-refractivity contribution in [2.45, 2.75) is 26.4 Å². The molecule has 8 heteroatoms. The van der Waals surface area contributed by atoms with Crippen LogP contribution in [-0.4, -0.2) is 29.1 Å². The van der Waals surface area contributed by atoms with E-state index in [-0.39, 0.29) is 23.1 Å². The highest BCUT2D eigenvalue weighted by Crippen LogP contribution is 2.39. The fourth-order valence-electron chi connectivity index (χ4n) is 1.85. The molecule has 1 aromatic carbocycles. The van der Waals surface area contributed by atoms with Gasteiger partial charge in [-0.05, 0) is 32.9 Å². The first kappa shape index (κ1) is 16.5. The van der Waals surface area contributed by atoms with Gasteiger partial charge in [-0.15, -0.1) is 0 Å². The molecule has 2 aromatic rings. The van der Waals surface area contributed by atoms with Crippen LogP contribution in [0, 0.1) is 0 Å². The molecule has 124 valence electrons. The van der Waals surface area contributed by atoms with E-state index in [0.717, 1.165) is 0 Å². The van der Waals surface area contributed by atoms with Gasteiger partial charge in [-0.25, -0.2) is 4.79 Å². The van der Waals surface area contributed by atoms with Crippen molar-refractivity contribution in [3.8, 4) is 22.8 Å². The van der Waals surface area contributed by atoms with Crippen LogP contribution in [0.1, 0.15) is 20.8 Å². The number of phenols is 1. The van der Waals surface area contributed by atoms with Crippen molar-refractivity contribution in [2.24, 2.45) is 0 Å². The summed E-state index contributed by atoms with van der Waals surface area (Å²) in [6, 6.07) is 4.58. The third-order valence-corrected chi connectivity index (χ3v) is 2.75. The Morgan fingerprint density at radius 2 is 2.04 bits per heavy atom. The molecular weight excluding hydrogens is 302 g/mol. The summed E-state index contributed by atoms with van der Waals surface area (Å²) in [5, 5.41) is 16.4. The zero-order chi connectivity index (χ0) is 17.2. The molecule has 0 unspecified atom stereocenters. The van der Waals surface area contributed by atoms with Gasteiger partial charge in [0.25, 0.3) is 0 Å². The molecule has 2 rings (SSSR count). The number of nitrogens with two attached hydrogens (primary N) is 1. The number of methoxy groups -OCH3 is 1. The zero-order valence-corrected chi connectivity index (χ0v) is 13.3. The number of anilines is 2. The Labute approximate surface area is 133 Å². The minimum atomic E-state index is -0.702. The Kier molecular flexibility index (Phi) is 4.35. The first-order valence-corrected chi connectivity index (χ1v) is 6.83. The molecule has 0 aliphatic carbocycles. The van der Waals surface area contributed by atoms with E-state index in [1.165, 1.54) is 19.2 Å². The van der Waals surface area contributed by atoms with Crippen LogP contribution in [0.15, 0.2) is 22.7 Å². The number of carbonyl (C=O) groups excluding carboxylic acids is 1. The summed E-state index contributed by atoms with van der Waals surface area (Å²) in [6.07, 6.45) is -0.702. The van der Waals surface area contributed by atoms with Gasteiger partial charge in [0.2, 0.25) is 5.88 Å². The van der Waals surface area contributed by atoms with Crippen molar-refractivity contribution in [1.82, 2.24) is 5.16 Å². The average molecular weight is 321 g/mol. The van der Waals surface area contributed by atoms with Crippen LogP contribution in [0.4, 0.5) is 16.4 Å². The third kappa shape index (κ3) is 4.06. The van der Waals surface area contributed by atoms with Crippen molar-refractivity contribution in [1.29, 1.82) is 0 Å². The van der Waals surface area contributed by atoms with E-state index < -0.39 is 11.7 Å². The van der Waals surface area contributed by atoms with E-state index in [9.17, 15) is 9.90 Å². The number of hydrogen-bond acceptors (Lipinski definition) is 7. The molecule has 0 saturated carbocycles. The van der Waals surface area contributed by atoms with Gasteiger partial charge in [-0.2, -0.15) is 0 Å². The molecule has 0 saturated heterocycles. The third-order valence-electron chi connectivity index (χ3n) is 2.75. The van der Waals surface area contributed by atoms with Gasteiger partial charge >= 0.3 is 6.09 Å². The molecule has 0 bridgehead atoms. The quantitative estimate of drug-likeness (QED) is 0.743. The average Bonchev–Trinajstić information content (AvgIpc) is 2.85. The second-order valence-electron chi connectivity index (χ2n) is 5.82. The smallest absolute Gasteiger partial charge is 0.412 e. The van der Waals surface area contributed by atoms with E-state index >= 15 is 0 Å². The Bertz CT molecular complexity index is 718. The van der Waals surface area contributed by atoms with Gasteiger partial charge in [0.15, 0.2) is 11.5 Å². The number of amides is 1. The van der Waals surface area contributed by atoms with Crippen LogP contribution < -0.4 is 15.8 Å². The van der Waals surface area contributed by atoms with E-state index in [4.69, 9.17) is 19.7 Å². The Morgan fingerprint density at radius 3 is 2.57 bits per heavy atom. The number of phenolic OH excluding ortho intramolecular Hbond substituents is 1. The van der Waals surface area contributed by atoms with Gasteiger partial charge in [0.1, 0.15) is 11.3 Å². The Hall–Kier alpha value is -2.90. The number of aromatic nitrogens is 1. The molecule has 1 amide bonds. The summed E-state index contributed by atoms with van der Waals surface area (Å²) in [6.45, 7) is 5.21. The van der Waals surface area contributed by atoms with Crippen LogP contribution in [0.3, 0.4) is 0 Å². The number of nitrogens with zero attached hydrogens (tertiary/aromatic N) is 1. The second kappa shape index (κ2) is 6.07. The number of ether oxygens (including phenoxy) is 2. The summed E-state index contributed by atoms with van der Waals surface area (Å²) >= 11 is 0. The monoisotopic (exact) mass is 321 g/mol. The molecule has 0 aliphatic rings. The summed E-state index contributed by atoms with van der Waals surface area (Å²) in [7, 11) is 1.40. The minimum Gasteiger partial charge on any atom is -0.503 e. The van der Waals surface area contributed by atoms with Gasteiger partial charge in [-0.3, -0.25) is 5.32 Å². The topological polar surface area (TPSA) is 120 Å². The normalized spacial score (nSPS) is 11.1. The zero-order valence-electron chi connectivity index (χ0n) is 13.3. The first-order valence-electron chi connectivity index (χ1n) is 6.83. The molecular formula is C15H19N3O5. The molecule has 0 aliphatic heterocycles. The van der Waals surface area contributed by atoms with Crippen molar-refractivity contribution in [3.63, 3.8) is 0 Å². The summed E-state index contributed by atoms with van der Waals surface area (Å²) in [4.78, 5) is 11.9. The van der Waals surface area contributed by atoms with E-state index in [1.54, 1.807) is 26.8 Å². The fraction of sp³-hybridized carbons (Fsp3) is 0.333. The van der Waals surface area contributed by atoms with Crippen LogP contribution >= 0.6 is 0 Å². The van der Waals surface area contributed by atoms with Gasteiger partial charge in [-0.1, -0.05) is 5.16 Å². The SMILES string of the molecule is COc1cc(-c2cc(N)on2)cc(NC(=O)OC(C)(C)C)c1O. The molecule has 0 spiro atoms. The van der Waals surface area contributed by atoms with Crippen LogP contribution in [0.5, 0.6) is 11.5 Å². The highest BCUT2D eigenvalue weighted by atomic mass is 16.6. The fourth-order valence-corrected chi connectivity index (χ4v) is 1.85. The second-order valence-corrected chi connectivity index (χ2v) is 5.82. The maximum Gasteiger partial charge on any atom is 0.412 e. The van der Waals surface area contributed by atoms with Crippen molar-refractivity contribution in [3.05, 3.63) is 18.2 Å². The number of rotatable bonds is 3. The summed E-state index contributed by atoms with van der Waals surface area (Å²) < 4.78 is 15.1. The van der Waals surface area contributed by atoms with Crippen LogP contribution in [0.2, 0.25) is 0 Å². The van der Waals surface area contributed by atoms with Gasteiger partial charge in [0.05, 0.1) is 12.8 Å². The molecule has 1 heterocycles. The van der Waals surface area contributed by atoms with E-state index in [1.807, 2.05) is 0 Å². The molecule has 0 radical (unpaired) electrons. The maximum atomic E-state index is 11.9. The lowest BCUT2D eigenvalue weighted by atomic mass is 10.1. The summed E-state index contributed by atoms with van der Waals surface area (Å²) in [5.74, 6) is 0.0856. The van der Waals surface area contributed by atoms with E-state index in [0.29, 0.717) is 11.3 Å². The number of benzene rings is 1. The highest BCUT2D eigenvalue weighted by molar-refractivity contribution is 5.89. The number of carbonyl (C=O) groups is 1. The lowest BCUT2D eigenvalue weighted by molar-refractivity contribution is 0.0635. The Morgan fingerprint density at radius 1 is 1.35 bits per heavy atom. The minimum absolute atomic E-state index is 0.121. The number of nitrogens with one attached hydrogen (secondary N) is 1. The van der Waals surface area contributed by atoms with Gasteiger partial charge < -0.3 is 24.8 Å². The molecule has 0 fully saturated rings. The lowest BCUT2D eigenvalue weighted by Crippen LogP contribution is -2.27. The first-order chi connectivity index (χ1) is 10.7. The largest absolute Gasteiger partial charge is 0.503 e. The Balaban J connectivity index is 2.36. The van der Waals surface area contributed by atoms with Crippen molar-refractivity contribution >= 4 is 17.7 Å². The van der Waals surface area contributed by atoms with Crippen molar-refractivity contribution in [2.75, 3.05) is 18.2 Å². The predicted molar refractivity (Wildman–Crippen MR) is 84.4 cm³/mol. The number of nitrogen functional groups attached to an aromatic ring is 1. The molecule has 0 atom stereocenters. The molecule has 23 heavy (non-hydrogen) atoms. The predicted octanol–water partition coefficient (Wildman–Crippen LogP) is 2.99. The number of hydrogen-bond donors (Lipinski definition) is 3. The summed E-state index contributed by atoms with van der Waals surface area (Å²) in [5.41, 5.74) is 5.95. The van der Waals surface area contributed by atoms with Gasteiger partial charge in [0, 0.05) is 11.6 Å². The van der Waals surface area contributed by atoms with Crippen LogP contribution in [-0.2, 0) is 4.74 Å². The molecule has 8 nitrogen and oxygen atoms in total. The highest BCUT2D eigenvalue weighted by Gasteiger charge is 2.20. The van der Waals surface area contributed by atoms with E-state index in [2.05, 4.69) is 10.5 Å². The van der Waals surface area contributed by atoms with Crippen molar-refractivity contribution < 1.29 is 23.9 Å². The number of aromatic hydroxyl groups is 1. The van der Waals surface area contributed by atoms with Crippen LogP contribution in [0.25, 0.3) is 11.3 Å². The molecule has 1 aromatic heterocycles.